The first-order valence-corrected chi connectivity index (χ1v) is 8.47. The predicted octanol–water partition coefficient (Wildman–Crippen LogP) is 0.237. The van der Waals surface area contributed by atoms with E-state index >= 15 is 0 Å². The number of likely N-dealkylation sites (N-methyl/N-ethyl adjacent to an activating group) is 1. The van der Waals surface area contributed by atoms with E-state index in [4.69, 9.17) is 5.73 Å². The van der Waals surface area contributed by atoms with Gasteiger partial charge in [0.2, 0.25) is 5.91 Å². The van der Waals surface area contributed by atoms with Gasteiger partial charge in [0, 0.05) is 50.6 Å². The summed E-state index contributed by atoms with van der Waals surface area (Å²) >= 11 is 0. The van der Waals surface area contributed by atoms with E-state index in [1.54, 1.807) is 12.3 Å². The normalized spacial score (nSPS) is 15.4. The number of carbonyl (C=O) groups excluding carboxylic acids is 1. The van der Waals surface area contributed by atoms with E-state index in [-0.39, 0.29) is 12.5 Å². The predicted molar refractivity (Wildman–Crippen MR) is 97.2 cm³/mol. The zero-order valence-corrected chi connectivity index (χ0v) is 14.8. The highest BCUT2D eigenvalue weighted by molar-refractivity contribution is 5.76. The van der Waals surface area contributed by atoms with E-state index in [1.165, 1.54) is 4.68 Å². The average molecular weight is 343 g/mol. The maximum Gasteiger partial charge on any atom is 0.242 e. The fourth-order valence-corrected chi connectivity index (χ4v) is 2.95. The number of piperazine rings is 1. The molecule has 0 aliphatic carbocycles. The highest BCUT2D eigenvalue weighted by Gasteiger charge is 2.18. The Bertz CT molecular complexity index is 734. The van der Waals surface area contributed by atoms with E-state index in [0.29, 0.717) is 12.4 Å². The number of nitrogens with one attached hydrogen (secondary N) is 1. The van der Waals surface area contributed by atoms with Crippen molar-refractivity contribution in [3.05, 3.63) is 35.7 Å². The van der Waals surface area contributed by atoms with Crippen LogP contribution in [0.3, 0.4) is 0 Å². The van der Waals surface area contributed by atoms with Gasteiger partial charge in [0.05, 0.1) is 5.69 Å². The Morgan fingerprint density at radius 1 is 1.32 bits per heavy atom. The third-order valence-corrected chi connectivity index (χ3v) is 4.37. The van der Waals surface area contributed by atoms with Gasteiger partial charge in [0.25, 0.3) is 0 Å². The number of hydrogen-bond donors (Lipinski definition) is 2. The molecule has 0 radical (unpaired) electrons. The summed E-state index contributed by atoms with van der Waals surface area (Å²) in [7, 11) is 2.12. The van der Waals surface area contributed by atoms with Crippen LogP contribution in [0.4, 0.5) is 11.6 Å². The van der Waals surface area contributed by atoms with Crippen LogP contribution in [0.5, 0.6) is 0 Å². The number of hydrogen-bond acceptors (Lipinski definition) is 6. The van der Waals surface area contributed by atoms with Crippen molar-refractivity contribution in [3.8, 4) is 0 Å². The summed E-state index contributed by atoms with van der Waals surface area (Å²) in [5, 5.41) is 7.15. The number of nitrogens with two attached hydrogens (primary N) is 1. The number of aromatic nitrogens is 3. The Morgan fingerprint density at radius 3 is 2.76 bits per heavy atom. The molecule has 3 rings (SSSR count). The molecule has 25 heavy (non-hydrogen) atoms. The zero-order chi connectivity index (χ0) is 17.8. The molecule has 0 bridgehead atoms. The number of pyridine rings is 1. The molecule has 0 spiro atoms. The van der Waals surface area contributed by atoms with Crippen LogP contribution in [0, 0.1) is 6.92 Å². The molecule has 1 amide bonds. The third-order valence-electron chi connectivity index (χ3n) is 4.37. The molecule has 0 aromatic carbocycles. The smallest absolute Gasteiger partial charge is 0.242 e. The number of nitrogens with zero attached hydrogens (tertiary/aromatic N) is 5. The maximum absolute atomic E-state index is 12.2. The van der Waals surface area contributed by atoms with Gasteiger partial charge in [0.15, 0.2) is 0 Å². The van der Waals surface area contributed by atoms with Gasteiger partial charge >= 0.3 is 0 Å². The van der Waals surface area contributed by atoms with Gasteiger partial charge in [-0.3, -0.25) is 4.79 Å². The fraction of sp³-hybridized carbons (Fsp3) is 0.471. The van der Waals surface area contributed by atoms with Crippen LogP contribution < -0.4 is 16.0 Å². The molecule has 0 unspecified atom stereocenters. The van der Waals surface area contributed by atoms with Crippen LogP contribution in [-0.2, 0) is 17.9 Å². The first-order valence-electron chi connectivity index (χ1n) is 8.47. The van der Waals surface area contributed by atoms with Gasteiger partial charge in [-0.15, -0.1) is 0 Å². The second kappa shape index (κ2) is 7.52. The van der Waals surface area contributed by atoms with E-state index in [2.05, 4.69) is 32.2 Å². The van der Waals surface area contributed by atoms with Crippen molar-refractivity contribution in [1.29, 1.82) is 0 Å². The van der Waals surface area contributed by atoms with Crippen molar-refractivity contribution >= 4 is 17.5 Å². The number of aryl methyl sites for hydroxylation is 1. The van der Waals surface area contributed by atoms with Gasteiger partial charge in [0.1, 0.15) is 18.2 Å². The molecule has 0 atom stereocenters. The molecule has 3 heterocycles. The van der Waals surface area contributed by atoms with E-state index in [0.717, 1.165) is 43.3 Å². The van der Waals surface area contributed by atoms with Crippen molar-refractivity contribution in [2.24, 2.45) is 0 Å². The molecule has 1 aliphatic heterocycles. The molecule has 2 aromatic rings. The minimum Gasteiger partial charge on any atom is -0.384 e. The SMILES string of the molecule is Cc1cc(N)n(CC(=O)NCc2cccnc2N2CCN(C)CC2)n1. The first kappa shape index (κ1) is 17.2. The molecular formula is C17H25N7O. The summed E-state index contributed by atoms with van der Waals surface area (Å²) in [6.07, 6.45) is 1.80. The van der Waals surface area contributed by atoms with E-state index in [9.17, 15) is 4.79 Å². The molecule has 3 N–H and O–H groups in total. The van der Waals surface area contributed by atoms with Gasteiger partial charge < -0.3 is 20.9 Å². The number of amides is 1. The molecule has 2 aromatic heterocycles. The van der Waals surface area contributed by atoms with Crippen LogP contribution in [-0.4, -0.2) is 58.8 Å². The zero-order valence-electron chi connectivity index (χ0n) is 14.8. The minimum atomic E-state index is -0.122. The van der Waals surface area contributed by atoms with Crippen molar-refractivity contribution in [2.45, 2.75) is 20.0 Å². The van der Waals surface area contributed by atoms with Crippen LogP contribution in [0.15, 0.2) is 24.4 Å². The largest absolute Gasteiger partial charge is 0.384 e. The Hall–Kier alpha value is -2.61. The van der Waals surface area contributed by atoms with E-state index < -0.39 is 0 Å². The topological polar surface area (TPSA) is 92.3 Å². The Kier molecular flexibility index (Phi) is 5.18. The number of nitrogen functional groups attached to an aromatic ring is 1. The molecule has 1 aliphatic rings. The van der Waals surface area contributed by atoms with Crippen LogP contribution >= 0.6 is 0 Å². The summed E-state index contributed by atoms with van der Waals surface area (Å²) in [6, 6.07) is 5.66. The lowest BCUT2D eigenvalue weighted by atomic mass is 10.2. The van der Waals surface area contributed by atoms with Crippen LogP contribution in [0.1, 0.15) is 11.3 Å². The van der Waals surface area contributed by atoms with Gasteiger partial charge in [-0.05, 0) is 20.0 Å². The maximum atomic E-state index is 12.2. The van der Waals surface area contributed by atoms with Gasteiger partial charge in [-0.2, -0.15) is 5.10 Å². The summed E-state index contributed by atoms with van der Waals surface area (Å²) in [6.45, 7) is 6.32. The standard InChI is InChI=1S/C17H25N7O/c1-13-10-15(18)24(21-13)12-16(25)20-11-14-4-3-5-19-17(14)23-8-6-22(2)7-9-23/h3-5,10H,6-9,11-12,18H2,1-2H3,(H,20,25). The highest BCUT2D eigenvalue weighted by Crippen LogP contribution is 2.18. The minimum absolute atomic E-state index is 0.115. The Labute approximate surface area is 147 Å². The van der Waals surface area contributed by atoms with Gasteiger partial charge in [-0.25, -0.2) is 9.67 Å². The van der Waals surface area contributed by atoms with E-state index in [1.807, 2.05) is 19.1 Å². The average Bonchev–Trinajstić information content (AvgIpc) is 2.91. The van der Waals surface area contributed by atoms with Crippen LogP contribution in [0.2, 0.25) is 0 Å². The molecule has 134 valence electrons. The highest BCUT2D eigenvalue weighted by atomic mass is 16.2. The lowest BCUT2D eigenvalue weighted by Crippen LogP contribution is -2.45. The molecule has 8 nitrogen and oxygen atoms in total. The molecule has 1 fully saturated rings. The fourth-order valence-electron chi connectivity index (χ4n) is 2.95. The summed E-state index contributed by atoms with van der Waals surface area (Å²) < 4.78 is 1.51. The summed E-state index contributed by atoms with van der Waals surface area (Å²) in [5.74, 6) is 1.32. The van der Waals surface area contributed by atoms with Crippen molar-refractivity contribution < 1.29 is 4.79 Å². The Morgan fingerprint density at radius 2 is 2.08 bits per heavy atom. The molecule has 1 saturated heterocycles. The lowest BCUT2D eigenvalue weighted by molar-refractivity contribution is -0.122. The number of rotatable bonds is 5. The monoisotopic (exact) mass is 343 g/mol. The second-order valence-corrected chi connectivity index (χ2v) is 6.42. The summed E-state index contributed by atoms with van der Waals surface area (Å²) in [5.41, 5.74) is 7.65. The second-order valence-electron chi connectivity index (χ2n) is 6.42. The Balaban J connectivity index is 1.61. The number of carbonyl (C=O) groups is 1. The first-order chi connectivity index (χ1) is 12.0. The molecular weight excluding hydrogens is 318 g/mol. The summed E-state index contributed by atoms with van der Waals surface area (Å²) in [4.78, 5) is 21.3. The number of anilines is 2. The third kappa shape index (κ3) is 4.27. The van der Waals surface area contributed by atoms with Crippen LogP contribution in [0.25, 0.3) is 0 Å². The molecule has 0 saturated carbocycles. The van der Waals surface area contributed by atoms with Crippen molar-refractivity contribution in [2.75, 3.05) is 43.9 Å². The van der Waals surface area contributed by atoms with Crippen molar-refractivity contribution in [3.63, 3.8) is 0 Å². The lowest BCUT2D eigenvalue weighted by Gasteiger charge is -2.34. The molecule has 8 heteroatoms. The quantitative estimate of drug-likeness (QED) is 0.808. The van der Waals surface area contributed by atoms with Crippen molar-refractivity contribution in [1.82, 2.24) is 25.0 Å². The van der Waals surface area contributed by atoms with Gasteiger partial charge in [-0.1, -0.05) is 6.07 Å².